The second-order valence-corrected chi connectivity index (χ2v) is 7.99. The Hall–Kier alpha value is -2.42. The molecule has 26 heavy (non-hydrogen) atoms. The number of ether oxygens (including phenoxy) is 1. The minimum Gasteiger partial charge on any atom is -0.456 e. The van der Waals surface area contributed by atoms with Gasteiger partial charge in [0.25, 0.3) is 15.9 Å². The number of amides is 1. The number of esters is 1. The maximum Gasteiger partial charge on any atom is 0.308 e. The average Bonchev–Trinajstić information content (AvgIpc) is 2.84. The van der Waals surface area contributed by atoms with Gasteiger partial charge < -0.3 is 10.1 Å². The number of hydrogen-bond acceptors (Lipinski definition) is 6. The summed E-state index contributed by atoms with van der Waals surface area (Å²) < 4.78 is 31.1. The van der Waals surface area contributed by atoms with Gasteiger partial charge in [0.2, 0.25) is 0 Å². The molecule has 2 N–H and O–H groups in total. The SMILES string of the molecule is CC(C)C(C)NC(=O)COC(=O)CCN=C1NS(=O)(=O)c2ccccc21. The van der Waals surface area contributed by atoms with Gasteiger partial charge in [-0.25, -0.2) is 8.42 Å². The molecule has 0 bridgehead atoms. The summed E-state index contributed by atoms with van der Waals surface area (Å²) in [6.45, 7) is 5.54. The minimum absolute atomic E-state index is 0.0111. The van der Waals surface area contributed by atoms with Gasteiger partial charge in [-0.05, 0) is 25.0 Å². The van der Waals surface area contributed by atoms with E-state index in [1.807, 2.05) is 20.8 Å². The van der Waals surface area contributed by atoms with Crippen molar-refractivity contribution in [3.63, 3.8) is 0 Å². The van der Waals surface area contributed by atoms with Gasteiger partial charge in [-0.15, -0.1) is 0 Å². The number of carbonyl (C=O) groups excluding carboxylic acids is 2. The lowest BCUT2D eigenvalue weighted by Crippen LogP contribution is -2.38. The smallest absolute Gasteiger partial charge is 0.308 e. The Morgan fingerprint density at radius 2 is 1.92 bits per heavy atom. The monoisotopic (exact) mass is 381 g/mol. The second-order valence-electron chi connectivity index (χ2n) is 6.34. The summed E-state index contributed by atoms with van der Waals surface area (Å²) in [5, 5.41) is 2.74. The van der Waals surface area contributed by atoms with Gasteiger partial charge in [0.15, 0.2) is 6.61 Å². The number of aliphatic imine (C=N–C) groups is 1. The van der Waals surface area contributed by atoms with E-state index < -0.39 is 16.0 Å². The Balaban J connectivity index is 1.82. The van der Waals surface area contributed by atoms with Gasteiger partial charge in [-0.2, -0.15) is 0 Å². The zero-order chi connectivity index (χ0) is 19.3. The predicted molar refractivity (Wildman–Crippen MR) is 96.2 cm³/mol. The van der Waals surface area contributed by atoms with Crippen molar-refractivity contribution in [2.45, 2.75) is 38.1 Å². The van der Waals surface area contributed by atoms with Crippen LogP contribution in [0, 0.1) is 5.92 Å². The van der Waals surface area contributed by atoms with Crippen LogP contribution in [0.3, 0.4) is 0 Å². The number of carbonyl (C=O) groups is 2. The van der Waals surface area contributed by atoms with E-state index in [1.165, 1.54) is 6.07 Å². The normalized spacial score (nSPS) is 17.5. The molecule has 0 saturated carbocycles. The van der Waals surface area contributed by atoms with Crippen LogP contribution in [-0.4, -0.2) is 45.3 Å². The molecular formula is C17H23N3O5S. The Morgan fingerprint density at radius 3 is 2.62 bits per heavy atom. The summed E-state index contributed by atoms with van der Waals surface area (Å²) in [6.07, 6.45) is -0.0552. The van der Waals surface area contributed by atoms with E-state index >= 15 is 0 Å². The highest BCUT2D eigenvalue weighted by Crippen LogP contribution is 2.22. The number of fused-ring (bicyclic) bond motifs is 1. The molecule has 0 aromatic heterocycles. The average molecular weight is 381 g/mol. The number of amidine groups is 1. The van der Waals surface area contributed by atoms with Crippen molar-refractivity contribution in [2.75, 3.05) is 13.2 Å². The van der Waals surface area contributed by atoms with Crippen LogP contribution in [0.1, 0.15) is 32.8 Å². The topological polar surface area (TPSA) is 114 Å². The van der Waals surface area contributed by atoms with E-state index in [0.717, 1.165) is 0 Å². The molecular weight excluding hydrogens is 358 g/mol. The third-order valence-electron chi connectivity index (χ3n) is 4.00. The number of hydrogen-bond donors (Lipinski definition) is 2. The first kappa shape index (κ1) is 19.9. The van der Waals surface area contributed by atoms with Crippen LogP contribution < -0.4 is 10.0 Å². The lowest BCUT2D eigenvalue weighted by atomic mass is 10.1. The number of rotatable bonds is 7. The summed E-state index contributed by atoms with van der Waals surface area (Å²) in [5.74, 6) is -0.445. The van der Waals surface area contributed by atoms with Gasteiger partial charge >= 0.3 is 5.97 Å². The van der Waals surface area contributed by atoms with Crippen molar-refractivity contribution in [3.05, 3.63) is 29.8 Å². The molecule has 8 nitrogen and oxygen atoms in total. The first-order valence-electron chi connectivity index (χ1n) is 8.32. The number of sulfonamides is 1. The third kappa shape index (κ3) is 5.04. The second kappa shape index (κ2) is 8.31. The highest BCUT2D eigenvalue weighted by molar-refractivity contribution is 7.90. The Labute approximate surface area is 153 Å². The van der Waals surface area contributed by atoms with Crippen molar-refractivity contribution in [2.24, 2.45) is 10.9 Å². The van der Waals surface area contributed by atoms with E-state index in [1.54, 1.807) is 18.2 Å². The Kier molecular flexibility index (Phi) is 6.36. The molecule has 1 aromatic rings. The predicted octanol–water partition coefficient (Wildman–Crippen LogP) is 0.819. The van der Waals surface area contributed by atoms with Gasteiger partial charge in [-0.1, -0.05) is 26.0 Å². The summed E-state index contributed by atoms with van der Waals surface area (Å²) in [7, 11) is -3.60. The largest absolute Gasteiger partial charge is 0.456 e. The zero-order valence-corrected chi connectivity index (χ0v) is 15.8. The van der Waals surface area contributed by atoms with Crippen molar-refractivity contribution < 1.29 is 22.7 Å². The molecule has 1 atom stereocenters. The fourth-order valence-electron chi connectivity index (χ4n) is 2.19. The first-order chi connectivity index (χ1) is 12.2. The van der Waals surface area contributed by atoms with Crippen LogP contribution in [0.2, 0.25) is 0 Å². The van der Waals surface area contributed by atoms with Crippen LogP contribution in [0.4, 0.5) is 0 Å². The van der Waals surface area contributed by atoms with Crippen LogP contribution in [0.5, 0.6) is 0 Å². The first-order valence-corrected chi connectivity index (χ1v) is 9.80. The van der Waals surface area contributed by atoms with Crippen LogP contribution in [-0.2, 0) is 24.3 Å². The van der Waals surface area contributed by atoms with Crippen molar-refractivity contribution in [1.82, 2.24) is 10.0 Å². The number of nitrogens with zero attached hydrogens (tertiary/aromatic N) is 1. The van der Waals surface area contributed by atoms with E-state index in [0.29, 0.717) is 5.56 Å². The maximum atomic E-state index is 11.9. The summed E-state index contributed by atoms with van der Waals surface area (Å²) in [5.41, 5.74) is 0.475. The van der Waals surface area contributed by atoms with E-state index in [-0.39, 0.29) is 48.2 Å². The molecule has 0 spiro atoms. The summed E-state index contributed by atoms with van der Waals surface area (Å²) in [4.78, 5) is 27.7. The number of benzene rings is 1. The molecule has 1 heterocycles. The van der Waals surface area contributed by atoms with Crippen LogP contribution in [0.25, 0.3) is 0 Å². The zero-order valence-electron chi connectivity index (χ0n) is 15.0. The van der Waals surface area contributed by atoms with E-state index in [9.17, 15) is 18.0 Å². The lowest BCUT2D eigenvalue weighted by molar-refractivity contribution is -0.148. The highest BCUT2D eigenvalue weighted by Gasteiger charge is 2.29. The molecule has 142 valence electrons. The highest BCUT2D eigenvalue weighted by atomic mass is 32.2. The Bertz CT molecular complexity index is 817. The van der Waals surface area contributed by atoms with Gasteiger partial charge in [-0.3, -0.25) is 19.3 Å². The molecule has 0 saturated heterocycles. The molecule has 9 heteroatoms. The summed E-state index contributed by atoms with van der Waals surface area (Å²) >= 11 is 0. The van der Waals surface area contributed by atoms with Crippen molar-refractivity contribution in [3.8, 4) is 0 Å². The fraction of sp³-hybridized carbons (Fsp3) is 0.471. The molecule has 1 aliphatic heterocycles. The Morgan fingerprint density at radius 1 is 1.23 bits per heavy atom. The van der Waals surface area contributed by atoms with E-state index in [2.05, 4.69) is 15.0 Å². The van der Waals surface area contributed by atoms with Gasteiger partial charge in [0.1, 0.15) is 5.84 Å². The maximum absolute atomic E-state index is 11.9. The minimum atomic E-state index is -3.60. The quantitative estimate of drug-likeness (QED) is 0.679. The number of nitrogens with one attached hydrogen (secondary N) is 2. The van der Waals surface area contributed by atoms with E-state index in [4.69, 9.17) is 4.74 Å². The van der Waals surface area contributed by atoms with Gasteiger partial charge in [0, 0.05) is 11.6 Å². The molecule has 1 amide bonds. The van der Waals surface area contributed by atoms with Crippen LogP contribution in [0.15, 0.2) is 34.2 Å². The molecule has 1 aliphatic rings. The van der Waals surface area contributed by atoms with Crippen molar-refractivity contribution >= 4 is 27.7 Å². The molecule has 1 aromatic carbocycles. The van der Waals surface area contributed by atoms with Gasteiger partial charge in [0.05, 0.1) is 17.9 Å². The summed E-state index contributed by atoms with van der Waals surface area (Å²) in [6, 6.07) is 6.46. The fourth-order valence-corrected chi connectivity index (χ4v) is 3.44. The van der Waals surface area contributed by atoms with Crippen molar-refractivity contribution in [1.29, 1.82) is 0 Å². The molecule has 0 aliphatic carbocycles. The molecule has 0 radical (unpaired) electrons. The lowest BCUT2D eigenvalue weighted by Gasteiger charge is -2.17. The van der Waals surface area contributed by atoms with Crippen LogP contribution >= 0.6 is 0 Å². The molecule has 2 rings (SSSR count). The third-order valence-corrected chi connectivity index (χ3v) is 5.40. The molecule has 0 fully saturated rings. The molecule has 1 unspecified atom stereocenters. The standard InChI is InChI=1S/C17H23N3O5S/c1-11(2)12(3)19-15(21)10-25-16(22)8-9-18-17-13-6-4-5-7-14(13)26(23,24)20-17/h4-7,11-12H,8-10H2,1-3H3,(H,18,20)(H,19,21).